The zero-order valence-corrected chi connectivity index (χ0v) is 15.9. The minimum atomic E-state index is -0.288. The Morgan fingerprint density at radius 1 is 1.36 bits per heavy atom. The van der Waals surface area contributed by atoms with Crippen molar-refractivity contribution in [3.05, 3.63) is 23.9 Å². The molecule has 0 unspecified atom stereocenters. The van der Waals surface area contributed by atoms with Crippen molar-refractivity contribution >= 4 is 36.5 Å². The summed E-state index contributed by atoms with van der Waals surface area (Å²) in [6.07, 6.45) is 1.68. The number of halogens is 2. The molecule has 3 heterocycles. The first-order valence-corrected chi connectivity index (χ1v) is 8.14. The van der Waals surface area contributed by atoms with Crippen LogP contribution in [0.25, 0.3) is 0 Å². The third-order valence-electron chi connectivity index (χ3n) is 4.21. The Kier molecular flexibility index (Phi) is 9.45. The fraction of sp³-hybridized carbons (Fsp3) is 0.625. The highest BCUT2D eigenvalue weighted by atomic mass is 35.5. The lowest BCUT2D eigenvalue weighted by atomic mass is 10.1. The van der Waals surface area contributed by atoms with Crippen molar-refractivity contribution in [2.75, 3.05) is 44.4 Å². The number of carbonyl (C=O) groups is 1. The molecule has 2 N–H and O–H groups in total. The van der Waals surface area contributed by atoms with E-state index >= 15 is 0 Å². The molecule has 1 amide bonds. The van der Waals surface area contributed by atoms with E-state index in [0.29, 0.717) is 19.7 Å². The summed E-state index contributed by atoms with van der Waals surface area (Å²) in [4.78, 5) is 18.9. The summed E-state index contributed by atoms with van der Waals surface area (Å²) in [5.41, 5.74) is 1.04. The van der Waals surface area contributed by atoms with Gasteiger partial charge in [-0.2, -0.15) is 0 Å². The van der Waals surface area contributed by atoms with Crippen LogP contribution in [0.4, 0.5) is 5.82 Å². The number of pyridine rings is 1. The van der Waals surface area contributed by atoms with E-state index in [2.05, 4.69) is 20.5 Å². The fourth-order valence-corrected chi connectivity index (χ4v) is 2.86. The molecule has 1 aromatic rings. The van der Waals surface area contributed by atoms with Gasteiger partial charge in [0.05, 0.1) is 25.9 Å². The summed E-state index contributed by atoms with van der Waals surface area (Å²) in [6.45, 7) is 6.93. The van der Waals surface area contributed by atoms with Gasteiger partial charge in [0, 0.05) is 32.4 Å². The molecule has 7 nitrogen and oxygen atoms in total. The Balaban J connectivity index is 0.00000156. The lowest BCUT2D eigenvalue weighted by Gasteiger charge is -2.29. The maximum atomic E-state index is 12.3. The molecule has 0 radical (unpaired) electrons. The van der Waals surface area contributed by atoms with E-state index in [0.717, 1.165) is 37.7 Å². The highest BCUT2D eigenvalue weighted by Gasteiger charge is 2.27. The van der Waals surface area contributed by atoms with E-state index in [4.69, 9.17) is 9.47 Å². The van der Waals surface area contributed by atoms with Gasteiger partial charge in [0.2, 0.25) is 5.91 Å². The Morgan fingerprint density at radius 2 is 2.12 bits per heavy atom. The lowest BCUT2D eigenvalue weighted by Crippen LogP contribution is -2.55. The first-order chi connectivity index (χ1) is 11.2. The maximum absolute atomic E-state index is 12.3. The Morgan fingerprint density at radius 3 is 2.84 bits per heavy atom. The number of hydrogen-bond donors (Lipinski definition) is 2. The van der Waals surface area contributed by atoms with Crippen LogP contribution in [0.3, 0.4) is 0 Å². The molecule has 25 heavy (non-hydrogen) atoms. The summed E-state index contributed by atoms with van der Waals surface area (Å²) < 4.78 is 10.9. The Hall–Kier alpha value is -1.12. The van der Waals surface area contributed by atoms with Crippen molar-refractivity contribution in [3.8, 4) is 0 Å². The minimum absolute atomic E-state index is 0. The molecule has 2 aliphatic rings. The molecular weight excluding hydrogens is 367 g/mol. The number of ether oxygens (including phenoxy) is 2. The minimum Gasteiger partial charge on any atom is -0.378 e. The molecule has 2 atom stereocenters. The summed E-state index contributed by atoms with van der Waals surface area (Å²) in [5.74, 6) is 0.912. The third kappa shape index (κ3) is 5.97. The second kappa shape index (κ2) is 10.8. The summed E-state index contributed by atoms with van der Waals surface area (Å²) in [6, 6.07) is 3.67. The van der Waals surface area contributed by atoms with E-state index in [1.54, 1.807) is 6.20 Å². The molecule has 9 heteroatoms. The molecule has 1 aromatic heterocycles. The summed E-state index contributed by atoms with van der Waals surface area (Å²) in [5, 5.41) is 6.17. The van der Waals surface area contributed by atoms with Gasteiger partial charge < -0.3 is 25.0 Å². The largest absolute Gasteiger partial charge is 0.378 e. The highest BCUT2D eigenvalue weighted by Crippen LogP contribution is 2.14. The Labute approximate surface area is 160 Å². The maximum Gasteiger partial charge on any atom is 0.240 e. The van der Waals surface area contributed by atoms with Crippen molar-refractivity contribution in [2.24, 2.45) is 0 Å². The fourth-order valence-electron chi connectivity index (χ4n) is 2.86. The average Bonchev–Trinajstić information content (AvgIpc) is 2.61. The van der Waals surface area contributed by atoms with Crippen LogP contribution >= 0.6 is 24.8 Å². The van der Waals surface area contributed by atoms with Gasteiger partial charge in [-0.3, -0.25) is 4.79 Å². The average molecular weight is 393 g/mol. The van der Waals surface area contributed by atoms with Crippen LogP contribution in [-0.2, 0) is 20.8 Å². The van der Waals surface area contributed by atoms with Crippen LogP contribution in [0.1, 0.15) is 12.5 Å². The van der Waals surface area contributed by atoms with Gasteiger partial charge in [-0.1, -0.05) is 0 Å². The summed E-state index contributed by atoms with van der Waals surface area (Å²) in [7, 11) is 0. The predicted molar refractivity (Wildman–Crippen MR) is 101 cm³/mol. The third-order valence-corrected chi connectivity index (χ3v) is 4.21. The van der Waals surface area contributed by atoms with Gasteiger partial charge in [0.1, 0.15) is 11.9 Å². The van der Waals surface area contributed by atoms with Crippen molar-refractivity contribution in [2.45, 2.75) is 25.6 Å². The SMILES string of the molecule is C[C@H]1OCCN[C@@H]1C(=O)NCc1ccnc(N2CCOCC2)c1.Cl.Cl. The molecule has 0 bridgehead atoms. The monoisotopic (exact) mass is 392 g/mol. The molecule has 0 aliphatic carbocycles. The van der Waals surface area contributed by atoms with Gasteiger partial charge >= 0.3 is 0 Å². The second-order valence-electron chi connectivity index (χ2n) is 5.85. The molecular formula is C16H26Cl2N4O3. The molecule has 0 aromatic carbocycles. The number of nitrogens with zero attached hydrogens (tertiary/aromatic N) is 2. The standard InChI is InChI=1S/C16H24N4O3.2ClH/c1-12-15(18-4-7-23-12)16(21)19-11-13-2-3-17-14(10-13)20-5-8-22-9-6-20;;/h2-3,10,12,15,18H,4-9,11H2,1H3,(H,19,21);2*1H/t12-,15+;;/m1../s1. The molecule has 3 rings (SSSR count). The molecule has 2 aliphatic heterocycles. The van der Waals surface area contributed by atoms with E-state index in [1.807, 2.05) is 19.1 Å². The zero-order chi connectivity index (χ0) is 16.1. The van der Waals surface area contributed by atoms with Crippen molar-refractivity contribution in [1.82, 2.24) is 15.6 Å². The number of carbonyl (C=O) groups excluding carboxylic acids is 1. The molecule has 142 valence electrons. The quantitative estimate of drug-likeness (QED) is 0.787. The highest BCUT2D eigenvalue weighted by molar-refractivity contribution is 5.85. The predicted octanol–water partition coefficient (Wildman–Crippen LogP) is 0.755. The van der Waals surface area contributed by atoms with Crippen LogP contribution in [0, 0.1) is 0 Å². The van der Waals surface area contributed by atoms with Crippen molar-refractivity contribution in [3.63, 3.8) is 0 Å². The lowest BCUT2D eigenvalue weighted by molar-refractivity contribution is -0.129. The smallest absolute Gasteiger partial charge is 0.240 e. The number of anilines is 1. The topological polar surface area (TPSA) is 75.7 Å². The number of hydrogen-bond acceptors (Lipinski definition) is 6. The molecule has 2 fully saturated rings. The van der Waals surface area contributed by atoms with Crippen molar-refractivity contribution < 1.29 is 14.3 Å². The van der Waals surface area contributed by atoms with Crippen LogP contribution in [0.15, 0.2) is 18.3 Å². The molecule has 0 saturated carbocycles. The van der Waals surface area contributed by atoms with Crippen LogP contribution in [0.2, 0.25) is 0 Å². The Bertz CT molecular complexity index is 544. The number of aromatic nitrogens is 1. The number of amides is 1. The van der Waals surface area contributed by atoms with Gasteiger partial charge in [0.15, 0.2) is 0 Å². The van der Waals surface area contributed by atoms with Gasteiger partial charge in [-0.05, 0) is 24.6 Å². The van der Waals surface area contributed by atoms with Crippen molar-refractivity contribution in [1.29, 1.82) is 0 Å². The number of nitrogens with one attached hydrogen (secondary N) is 2. The zero-order valence-electron chi connectivity index (χ0n) is 14.3. The van der Waals surface area contributed by atoms with E-state index in [-0.39, 0.29) is 42.9 Å². The number of rotatable bonds is 4. The first kappa shape index (κ1) is 21.9. The molecule has 2 saturated heterocycles. The van der Waals surface area contributed by atoms with Gasteiger partial charge in [0.25, 0.3) is 0 Å². The van der Waals surface area contributed by atoms with Gasteiger partial charge in [-0.25, -0.2) is 4.98 Å². The van der Waals surface area contributed by atoms with E-state index in [9.17, 15) is 4.79 Å². The van der Waals surface area contributed by atoms with Crippen LogP contribution in [0.5, 0.6) is 0 Å². The second-order valence-corrected chi connectivity index (χ2v) is 5.85. The van der Waals surface area contributed by atoms with Crippen LogP contribution < -0.4 is 15.5 Å². The van der Waals surface area contributed by atoms with E-state index in [1.165, 1.54) is 0 Å². The number of morpholine rings is 2. The van der Waals surface area contributed by atoms with Gasteiger partial charge in [-0.15, -0.1) is 24.8 Å². The van der Waals surface area contributed by atoms with E-state index < -0.39 is 0 Å². The normalized spacial score (nSPS) is 23.2. The molecule has 0 spiro atoms. The first-order valence-electron chi connectivity index (χ1n) is 8.14. The van der Waals surface area contributed by atoms with Crippen LogP contribution in [-0.4, -0.2) is 62.5 Å². The summed E-state index contributed by atoms with van der Waals surface area (Å²) >= 11 is 0.